The molecule has 3 rings (SSSR count). The summed E-state index contributed by atoms with van der Waals surface area (Å²) < 4.78 is 44.2. The molecule has 140 valence electrons. The second-order valence-electron chi connectivity index (χ2n) is 5.97. The average molecular weight is 405 g/mol. The highest BCUT2D eigenvalue weighted by Gasteiger charge is 2.16. The van der Waals surface area contributed by atoms with E-state index in [0.717, 1.165) is 5.56 Å². The molecule has 3 aromatic carbocycles. The van der Waals surface area contributed by atoms with Crippen LogP contribution < -0.4 is 4.74 Å². The lowest BCUT2D eigenvalue weighted by atomic mass is 10.0. The van der Waals surface area contributed by atoms with E-state index in [1.807, 2.05) is 30.3 Å². The van der Waals surface area contributed by atoms with E-state index in [1.54, 1.807) is 25.1 Å². The Labute approximate surface area is 163 Å². The average Bonchev–Trinajstić information content (AvgIpc) is 2.67. The minimum Gasteiger partial charge on any atom is -0.485 e. The normalized spacial score (nSPS) is 11.4. The van der Waals surface area contributed by atoms with Crippen LogP contribution in [0.2, 0.25) is 5.02 Å². The zero-order valence-electron chi connectivity index (χ0n) is 14.7. The Morgan fingerprint density at radius 3 is 2.30 bits per heavy atom. The summed E-state index contributed by atoms with van der Waals surface area (Å²) >= 11 is 6.02. The van der Waals surface area contributed by atoms with Gasteiger partial charge in [-0.3, -0.25) is 0 Å². The molecular formula is C21H18ClFO3S. The first-order valence-electron chi connectivity index (χ1n) is 8.39. The maximum atomic E-state index is 14.5. The maximum Gasteiger partial charge on any atom is 0.178 e. The van der Waals surface area contributed by atoms with Crippen LogP contribution in [0.4, 0.5) is 4.39 Å². The standard InChI is InChI=1S/C21H18ClFO3S/c1-2-27(24,25)18-10-8-16(9-11-18)19-12-17(22)13-20(23)21(19)26-14-15-6-4-3-5-7-15/h3-13H,2,14H2,1H3. The Balaban J connectivity index is 1.97. The predicted octanol–water partition coefficient (Wildman–Crippen LogP) is 5.52. The number of hydrogen-bond acceptors (Lipinski definition) is 3. The van der Waals surface area contributed by atoms with Gasteiger partial charge in [0, 0.05) is 10.6 Å². The van der Waals surface area contributed by atoms with E-state index in [-0.39, 0.29) is 28.0 Å². The van der Waals surface area contributed by atoms with Crippen molar-refractivity contribution in [1.82, 2.24) is 0 Å². The molecule has 0 radical (unpaired) electrons. The van der Waals surface area contributed by atoms with Gasteiger partial charge in [-0.25, -0.2) is 12.8 Å². The summed E-state index contributed by atoms with van der Waals surface area (Å²) in [6.45, 7) is 1.79. The lowest BCUT2D eigenvalue weighted by molar-refractivity contribution is 0.292. The molecule has 0 fully saturated rings. The number of benzene rings is 3. The first-order chi connectivity index (χ1) is 12.9. The molecule has 0 aliphatic rings. The van der Waals surface area contributed by atoms with Gasteiger partial charge in [0.25, 0.3) is 0 Å². The van der Waals surface area contributed by atoms with Crippen LogP contribution in [0.3, 0.4) is 0 Å². The molecule has 0 bridgehead atoms. The summed E-state index contributed by atoms with van der Waals surface area (Å²) in [7, 11) is -3.30. The molecule has 3 aromatic rings. The molecule has 0 aromatic heterocycles. The van der Waals surface area contributed by atoms with Crippen LogP contribution >= 0.6 is 11.6 Å². The summed E-state index contributed by atoms with van der Waals surface area (Å²) in [5.41, 5.74) is 1.99. The minimum absolute atomic E-state index is 0.0174. The molecule has 0 spiro atoms. The van der Waals surface area contributed by atoms with E-state index >= 15 is 0 Å². The number of hydrogen-bond donors (Lipinski definition) is 0. The van der Waals surface area contributed by atoms with Crippen molar-refractivity contribution >= 4 is 21.4 Å². The van der Waals surface area contributed by atoms with Crippen LogP contribution in [0.5, 0.6) is 5.75 Å². The molecule has 0 N–H and O–H groups in total. The molecule has 3 nitrogen and oxygen atoms in total. The highest BCUT2D eigenvalue weighted by molar-refractivity contribution is 7.91. The number of sulfone groups is 1. The SMILES string of the molecule is CCS(=O)(=O)c1ccc(-c2cc(Cl)cc(F)c2OCc2ccccc2)cc1. The Bertz CT molecular complexity index is 1030. The lowest BCUT2D eigenvalue weighted by Gasteiger charge is -2.14. The molecule has 0 amide bonds. The Kier molecular flexibility index (Phi) is 5.82. The molecule has 0 atom stereocenters. The van der Waals surface area contributed by atoms with Crippen molar-refractivity contribution in [1.29, 1.82) is 0 Å². The third kappa shape index (κ3) is 4.49. The molecule has 0 aliphatic carbocycles. The largest absolute Gasteiger partial charge is 0.485 e. The van der Waals surface area contributed by atoms with Crippen LogP contribution in [0.15, 0.2) is 71.6 Å². The van der Waals surface area contributed by atoms with Crippen LogP contribution in [0, 0.1) is 5.82 Å². The van der Waals surface area contributed by atoms with E-state index < -0.39 is 15.7 Å². The van der Waals surface area contributed by atoms with Crippen molar-refractivity contribution in [2.24, 2.45) is 0 Å². The van der Waals surface area contributed by atoms with E-state index in [1.165, 1.54) is 18.2 Å². The second kappa shape index (κ2) is 8.11. The predicted molar refractivity (Wildman–Crippen MR) is 105 cm³/mol. The molecule has 0 unspecified atom stereocenters. The molecular weight excluding hydrogens is 387 g/mol. The smallest absolute Gasteiger partial charge is 0.178 e. The van der Waals surface area contributed by atoms with Crippen LogP contribution in [-0.2, 0) is 16.4 Å². The Hall–Kier alpha value is -2.37. The quantitative estimate of drug-likeness (QED) is 0.543. The van der Waals surface area contributed by atoms with Gasteiger partial charge in [-0.2, -0.15) is 0 Å². The van der Waals surface area contributed by atoms with Crippen molar-refractivity contribution in [2.45, 2.75) is 18.4 Å². The fourth-order valence-electron chi connectivity index (χ4n) is 2.66. The van der Waals surface area contributed by atoms with Gasteiger partial charge in [-0.1, -0.05) is 61.0 Å². The monoisotopic (exact) mass is 404 g/mol. The van der Waals surface area contributed by atoms with Gasteiger partial charge in [0.05, 0.1) is 10.6 Å². The van der Waals surface area contributed by atoms with Crippen LogP contribution in [-0.4, -0.2) is 14.2 Å². The van der Waals surface area contributed by atoms with Gasteiger partial charge < -0.3 is 4.74 Å². The van der Waals surface area contributed by atoms with E-state index in [4.69, 9.17) is 16.3 Å². The molecule has 0 heterocycles. The number of ether oxygens (including phenoxy) is 1. The third-order valence-corrected chi connectivity index (χ3v) is 6.11. The van der Waals surface area contributed by atoms with E-state index in [2.05, 4.69) is 0 Å². The van der Waals surface area contributed by atoms with Gasteiger partial charge in [0.1, 0.15) is 6.61 Å². The first kappa shape index (κ1) is 19.4. The molecule has 27 heavy (non-hydrogen) atoms. The number of halogens is 2. The van der Waals surface area contributed by atoms with E-state index in [9.17, 15) is 12.8 Å². The zero-order chi connectivity index (χ0) is 19.4. The van der Waals surface area contributed by atoms with Crippen molar-refractivity contribution in [3.8, 4) is 16.9 Å². The topological polar surface area (TPSA) is 43.4 Å². The molecule has 0 saturated carbocycles. The second-order valence-corrected chi connectivity index (χ2v) is 8.68. The van der Waals surface area contributed by atoms with Crippen molar-refractivity contribution in [3.05, 3.63) is 83.1 Å². The van der Waals surface area contributed by atoms with Gasteiger partial charge in [0.15, 0.2) is 21.4 Å². The Morgan fingerprint density at radius 1 is 1.00 bits per heavy atom. The van der Waals surface area contributed by atoms with Crippen molar-refractivity contribution in [2.75, 3.05) is 5.75 Å². The number of rotatable bonds is 6. The highest BCUT2D eigenvalue weighted by Crippen LogP contribution is 2.36. The van der Waals surface area contributed by atoms with Crippen LogP contribution in [0.1, 0.15) is 12.5 Å². The summed E-state index contributed by atoms with van der Waals surface area (Å²) in [4.78, 5) is 0.225. The molecule has 6 heteroatoms. The van der Waals surface area contributed by atoms with Gasteiger partial charge in [0.2, 0.25) is 0 Å². The summed E-state index contributed by atoms with van der Waals surface area (Å²) in [6.07, 6.45) is 0. The van der Waals surface area contributed by atoms with Crippen LogP contribution in [0.25, 0.3) is 11.1 Å². The molecule has 0 aliphatic heterocycles. The van der Waals surface area contributed by atoms with E-state index in [0.29, 0.717) is 11.1 Å². The highest BCUT2D eigenvalue weighted by atomic mass is 35.5. The maximum absolute atomic E-state index is 14.5. The first-order valence-corrected chi connectivity index (χ1v) is 10.4. The molecule has 0 saturated heterocycles. The van der Waals surface area contributed by atoms with Gasteiger partial charge in [-0.15, -0.1) is 0 Å². The Morgan fingerprint density at radius 2 is 1.67 bits per heavy atom. The minimum atomic E-state index is -3.30. The van der Waals surface area contributed by atoms with Crippen molar-refractivity contribution < 1.29 is 17.5 Å². The summed E-state index contributed by atoms with van der Waals surface area (Å²) in [6, 6.07) is 18.5. The van der Waals surface area contributed by atoms with Gasteiger partial charge in [-0.05, 0) is 35.4 Å². The lowest BCUT2D eigenvalue weighted by Crippen LogP contribution is -2.03. The van der Waals surface area contributed by atoms with Crippen molar-refractivity contribution in [3.63, 3.8) is 0 Å². The van der Waals surface area contributed by atoms with Gasteiger partial charge >= 0.3 is 0 Å². The zero-order valence-corrected chi connectivity index (χ0v) is 16.2. The summed E-state index contributed by atoms with van der Waals surface area (Å²) in [5, 5.41) is 0.236. The fourth-order valence-corrected chi connectivity index (χ4v) is 3.75. The fraction of sp³-hybridized carbons (Fsp3) is 0.143. The summed E-state index contributed by atoms with van der Waals surface area (Å²) in [5.74, 6) is -0.475. The third-order valence-electron chi connectivity index (χ3n) is 4.14.